The van der Waals surface area contributed by atoms with E-state index in [1.54, 1.807) is 0 Å². The Morgan fingerprint density at radius 1 is 1.28 bits per heavy atom. The Hall–Kier alpha value is -2.06. The minimum atomic E-state index is -4.54. The first kappa shape index (κ1) is 19.3. The molecule has 3 N–H and O–H groups in total. The number of halogens is 3. The molecule has 2 rings (SSSR count). The number of nitrogens with two attached hydrogens (primary N) is 1. The topological polar surface area (TPSA) is 92.5 Å². The summed E-state index contributed by atoms with van der Waals surface area (Å²) < 4.78 is 37.7. The number of hydrogen-bond donors (Lipinski definition) is 2. The summed E-state index contributed by atoms with van der Waals surface area (Å²) in [5.41, 5.74) is 3.15. The van der Waals surface area contributed by atoms with Crippen molar-refractivity contribution in [3.63, 3.8) is 0 Å². The van der Waals surface area contributed by atoms with E-state index >= 15 is 0 Å². The Balaban J connectivity index is 1.91. The molecule has 9 heteroatoms. The predicted molar refractivity (Wildman–Crippen MR) is 83.0 cm³/mol. The molecule has 2 saturated carbocycles. The highest BCUT2D eigenvalue weighted by Crippen LogP contribution is 2.40. The number of nitrogens with one attached hydrogen (secondary N) is 1. The second-order valence-electron chi connectivity index (χ2n) is 6.64. The molecule has 0 spiro atoms. The van der Waals surface area contributed by atoms with Crippen LogP contribution in [-0.2, 0) is 14.4 Å². The molecule has 0 saturated heterocycles. The van der Waals surface area contributed by atoms with Gasteiger partial charge in [0.25, 0.3) is 0 Å². The van der Waals surface area contributed by atoms with Crippen LogP contribution in [0.4, 0.5) is 13.2 Å². The lowest BCUT2D eigenvalue weighted by Gasteiger charge is -2.37. The molecular formula is C16H22F3N3O3. The summed E-state index contributed by atoms with van der Waals surface area (Å²) in [4.78, 5) is 37.0. The summed E-state index contributed by atoms with van der Waals surface area (Å²) in [5, 5.41) is 2.58. The number of nitrogens with zero attached hydrogens (tertiary/aromatic N) is 1. The molecule has 0 aromatic rings. The molecule has 2 fully saturated rings. The van der Waals surface area contributed by atoms with E-state index in [9.17, 15) is 27.6 Å². The SMILES string of the molecule is C/C(=C\C(=O)N(CCNC(=O)C1(C(N)=O)CCC1)C1CC1)C(F)(F)F. The highest BCUT2D eigenvalue weighted by Gasteiger charge is 2.49. The lowest BCUT2D eigenvalue weighted by atomic mass is 9.67. The standard InChI is InChI=1S/C16H22F3N3O3/c1-10(16(17,18)19)9-12(23)22(11-3-4-11)8-7-21-14(25)15(13(20)24)5-2-6-15/h9,11H,2-8H2,1H3,(H2,20,24)(H,21,25)/b10-9+. The number of hydrogen-bond acceptors (Lipinski definition) is 3. The third-order valence-electron chi connectivity index (χ3n) is 4.81. The van der Waals surface area contributed by atoms with E-state index in [0.717, 1.165) is 26.2 Å². The van der Waals surface area contributed by atoms with Crippen LogP contribution in [0, 0.1) is 5.41 Å². The van der Waals surface area contributed by atoms with Gasteiger partial charge in [-0.1, -0.05) is 6.42 Å². The summed E-state index contributed by atoms with van der Waals surface area (Å²) in [5.74, 6) is -1.87. The smallest absolute Gasteiger partial charge is 0.369 e. The first-order valence-electron chi connectivity index (χ1n) is 8.22. The number of carbonyl (C=O) groups excluding carboxylic acids is 3. The van der Waals surface area contributed by atoms with Gasteiger partial charge < -0.3 is 16.0 Å². The molecule has 0 aromatic carbocycles. The minimum absolute atomic E-state index is 0.0645. The van der Waals surface area contributed by atoms with Gasteiger partial charge in [-0.2, -0.15) is 13.2 Å². The summed E-state index contributed by atoms with van der Waals surface area (Å²) in [6.07, 6.45) is -0.980. The third kappa shape index (κ3) is 4.32. The van der Waals surface area contributed by atoms with Crippen molar-refractivity contribution in [3.8, 4) is 0 Å². The van der Waals surface area contributed by atoms with Crippen LogP contribution in [0.25, 0.3) is 0 Å². The van der Waals surface area contributed by atoms with Crippen LogP contribution in [-0.4, -0.2) is 47.9 Å². The molecule has 2 aliphatic carbocycles. The first-order valence-corrected chi connectivity index (χ1v) is 8.22. The van der Waals surface area contributed by atoms with Gasteiger partial charge in [-0.15, -0.1) is 0 Å². The Morgan fingerprint density at radius 2 is 1.88 bits per heavy atom. The van der Waals surface area contributed by atoms with Gasteiger partial charge in [0, 0.05) is 30.8 Å². The normalized spacial score (nSPS) is 19.8. The second kappa shape index (κ2) is 7.05. The lowest BCUT2D eigenvalue weighted by molar-refractivity contribution is -0.147. The summed E-state index contributed by atoms with van der Waals surface area (Å²) >= 11 is 0. The van der Waals surface area contributed by atoms with Crippen molar-refractivity contribution in [2.75, 3.05) is 13.1 Å². The van der Waals surface area contributed by atoms with Crippen molar-refractivity contribution in [1.29, 1.82) is 0 Å². The maximum absolute atomic E-state index is 12.6. The average Bonchev–Trinajstić information content (AvgIpc) is 3.24. The molecular weight excluding hydrogens is 339 g/mol. The monoisotopic (exact) mass is 361 g/mol. The second-order valence-corrected chi connectivity index (χ2v) is 6.64. The molecule has 0 aromatic heterocycles. The van der Waals surface area contributed by atoms with Gasteiger partial charge in [0.15, 0.2) is 0 Å². The van der Waals surface area contributed by atoms with Crippen LogP contribution in [0.5, 0.6) is 0 Å². The van der Waals surface area contributed by atoms with Crippen LogP contribution >= 0.6 is 0 Å². The highest BCUT2D eigenvalue weighted by molar-refractivity contribution is 6.05. The van der Waals surface area contributed by atoms with E-state index < -0.39 is 34.9 Å². The maximum Gasteiger partial charge on any atom is 0.412 e. The number of primary amides is 1. The van der Waals surface area contributed by atoms with Crippen LogP contribution in [0.3, 0.4) is 0 Å². The fraction of sp³-hybridized carbons (Fsp3) is 0.688. The van der Waals surface area contributed by atoms with Gasteiger partial charge in [-0.25, -0.2) is 0 Å². The molecule has 25 heavy (non-hydrogen) atoms. The van der Waals surface area contributed by atoms with E-state index in [1.807, 2.05) is 0 Å². The van der Waals surface area contributed by atoms with Crippen molar-refractivity contribution in [2.45, 2.75) is 51.2 Å². The Morgan fingerprint density at radius 3 is 2.28 bits per heavy atom. The zero-order valence-electron chi connectivity index (χ0n) is 14.0. The van der Waals surface area contributed by atoms with Crippen LogP contribution in [0.2, 0.25) is 0 Å². The summed E-state index contributed by atoms with van der Waals surface area (Å²) in [7, 11) is 0. The van der Waals surface area contributed by atoms with Crippen LogP contribution in [0.1, 0.15) is 39.0 Å². The quantitative estimate of drug-likeness (QED) is 0.528. The van der Waals surface area contributed by atoms with Gasteiger partial charge in [-0.3, -0.25) is 14.4 Å². The zero-order chi connectivity index (χ0) is 18.8. The molecule has 0 aliphatic heterocycles. The van der Waals surface area contributed by atoms with Gasteiger partial charge in [0.1, 0.15) is 5.41 Å². The number of amides is 3. The van der Waals surface area contributed by atoms with Crippen molar-refractivity contribution >= 4 is 17.7 Å². The zero-order valence-corrected chi connectivity index (χ0v) is 14.0. The Bertz CT molecular complexity index is 593. The first-order chi connectivity index (χ1) is 11.6. The molecule has 2 aliphatic rings. The van der Waals surface area contributed by atoms with E-state index in [0.29, 0.717) is 18.9 Å². The van der Waals surface area contributed by atoms with Crippen LogP contribution in [0.15, 0.2) is 11.6 Å². The summed E-state index contributed by atoms with van der Waals surface area (Å²) in [6, 6.07) is -0.101. The fourth-order valence-corrected chi connectivity index (χ4v) is 2.78. The van der Waals surface area contributed by atoms with Crippen molar-refractivity contribution in [3.05, 3.63) is 11.6 Å². The highest BCUT2D eigenvalue weighted by atomic mass is 19.4. The van der Waals surface area contributed by atoms with E-state index in [1.165, 1.54) is 4.90 Å². The number of rotatable bonds is 7. The molecule has 0 bridgehead atoms. The predicted octanol–water partition coefficient (Wildman–Crippen LogP) is 1.26. The molecule has 3 amide bonds. The molecule has 0 radical (unpaired) electrons. The van der Waals surface area contributed by atoms with Crippen molar-refractivity contribution < 1.29 is 27.6 Å². The number of carbonyl (C=O) groups is 3. The van der Waals surface area contributed by atoms with E-state index in [2.05, 4.69) is 5.32 Å². The Kier molecular flexibility index (Phi) is 5.43. The minimum Gasteiger partial charge on any atom is -0.369 e. The molecule has 0 heterocycles. The van der Waals surface area contributed by atoms with Gasteiger partial charge in [0.2, 0.25) is 17.7 Å². The Labute approximate surface area is 143 Å². The molecule has 140 valence electrons. The molecule has 0 atom stereocenters. The van der Waals surface area contributed by atoms with Gasteiger partial charge in [-0.05, 0) is 32.6 Å². The average molecular weight is 361 g/mol. The number of allylic oxidation sites excluding steroid dienone is 1. The maximum atomic E-state index is 12.6. The van der Waals surface area contributed by atoms with Crippen molar-refractivity contribution in [1.82, 2.24) is 10.2 Å². The van der Waals surface area contributed by atoms with Crippen molar-refractivity contribution in [2.24, 2.45) is 11.1 Å². The van der Waals surface area contributed by atoms with E-state index in [-0.39, 0.29) is 19.1 Å². The molecule has 6 nitrogen and oxygen atoms in total. The lowest BCUT2D eigenvalue weighted by Crippen LogP contribution is -2.54. The number of alkyl halides is 3. The van der Waals surface area contributed by atoms with E-state index in [4.69, 9.17) is 5.73 Å². The summed E-state index contributed by atoms with van der Waals surface area (Å²) in [6.45, 7) is 0.999. The van der Waals surface area contributed by atoms with Gasteiger partial charge >= 0.3 is 6.18 Å². The molecule has 0 unspecified atom stereocenters. The largest absolute Gasteiger partial charge is 0.412 e. The van der Waals surface area contributed by atoms with Crippen LogP contribution < -0.4 is 11.1 Å². The van der Waals surface area contributed by atoms with Gasteiger partial charge in [0.05, 0.1) is 0 Å². The fourth-order valence-electron chi connectivity index (χ4n) is 2.78. The third-order valence-corrected chi connectivity index (χ3v) is 4.81.